The highest BCUT2D eigenvalue weighted by Gasteiger charge is 2.10. The Balaban J connectivity index is 1.91. The van der Waals surface area contributed by atoms with E-state index in [0.717, 1.165) is 23.5 Å². The lowest BCUT2D eigenvalue weighted by Crippen LogP contribution is -2.36. The molecule has 0 saturated carbocycles. The molecular weight excluding hydrogens is 232 g/mol. The minimum absolute atomic E-state index is 0.00581. The first-order valence-electron chi connectivity index (χ1n) is 6.25. The van der Waals surface area contributed by atoms with Gasteiger partial charge in [-0.05, 0) is 17.7 Å². The average molecular weight is 252 g/mol. The molecule has 1 unspecified atom stereocenters. The van der Waals surface area contributed by atoms with Gasteiger partial charge >= 0.3 is 0 Å². The fraction of sp³-hybridized carbons (Fsp3) is 0.538. The molecule has 0 saturated heterocycles. The van der Waals surface area contributed by atoms with Crippen LogP contribution >= 0.6 is 0 Å². The second-order valence-electron chi connectivity index (χ2n) is 4.41. The lowest BCUT2D eigenvalue weighted by atomic mass is 10.2. The van der Waals surface area contributed by atoms with Crippen LogP contribution in [0.1, 0.15) is 12.0 Å². The summed E-state index contributed by atoms with van der Waals surface area (Å²) in [7, 11) is 0. The summed E-state index contributed by atoms with van der Waals surface area (Å²) < 4.78 is 11.2. The summed E-state index contributed by atoms with van der Waals surface area (Å²) in [6.45, 7) is 2.68. The van der Waals surface area contributed by atoms with Gasteiger partial charge in [0.1, 0.15) is 0 Å². The van der Waals surface area contributed by atoms with Gasteiger partial charge in [-0.25, -0.2) is 0 Å². The normalized spacial score (nSPS) is 16.1. The number of hydrogen-bond donors (Lipinski definition) is 3. The second kappa shape index (κ2) is 6.58. The molecule has 0 aliphatic carbocycles. The molecule has 100 valence electrons. The van der Waals surface area contributed by atoms with Gasteiger partial charge < -0.3 is 25.6 Å². The SMILES string of the molecule is NC(CO)CNCc1ccc2c(c1)OCCCO2. The number of fused-ring (bicyclic) bond motifs is 1. The summed E-state index contributed by atoms with van der Waals surface area (Å²) >= 11 is 0. The molecule has 18 heavy (non-hydrogen) atoms. The molecular formula is C13H20N2O3. The van der Waals surface area contributed by atoms with Crippen LogP contribution in [0, 0.1) is 0 Å². The average Bonchev–Trinajstić information content (AvgIpc) is 2.63. The maximum atomic E-state index is 8.82. The topological polar surface area (TPSA) is 76.7 Å². The van der Waals surface area contributed by atoms with E-state index in [0.29, 0.717) is 26.3 Å². The minimum atomic E-state index is -0.217. The number of nitrogens with one attached hydrogen (secondary N) is 1. The van der Waals surface area contributed by atoms with Crippen molar-refractivity contribution in [1.82, 2.24) is 5.32 Å². The van der Waals surface area contributed by atoms with Gasteiger partial charge in [0.2, 0.25) is 0 Å². The van der Waals surface area contributed by atoms with Crippen molar-refractivity contribution in [3.8, 4) is 11.5 Å². The van der Waals surface area contributed by atoms with E-state index in [9.17, 15) is 0 Å². The van der Waals surface area contributed by atoms with Crippen molar-refractivity contribution >= 4 is 0 Å². The number of benzene rings is 1. The predicted octanol–water partition coefficient (Wildman–Crippen LogP) is 0.257. The van der Waals surface area contributed by atoms with Crippen molar-refractivity contribution in [3.05, 3.63) is 23.8 Å². The summed E-state index contributed by atoms with van der Waals surface area (Å²) in [5, 5.41) is 12.0. The molecule has 1 atom stereocenters. The number of aliphatic hydroxyl groups excluding tert-OH is 1. The zero-order chi connectivity index (χ0) is 12.8. The quantitative estimate of drug-likeness (QED) is 0.700. The molecule has 0 bridgehead atoms. The Kier molecular flexibility index (Phi) is 4.81. The Labute approximate surface area is 107 Å². The van der Waals surface area contributed by atoms with E-state index >= 15 is 0 Å². The third-order valence-electron chi connectivity index (χ3n) is 2.78. The van der Waals surface area contributed by atoms with Gasteiger partial charge in [0.15, 0.2) is 11.5 Å². The van der Waals surface area contributed by atoms with E-state index < -0.39 is 0 Å². The number of rotatable bonds is 5. The van der Waals surface area contributed by atoms with E-state index in [2.05, 4.69) is 5.32 Å². The fourth-order valence-corrected chi connectivity index (χ4v) is 1.78. The Bertz CT molecular complexity index is 384. The molecule has 5 nitrogen and oxygen atoms in total. The lowest BCUT2D eigenvalue weighted by Gasteiger charge is -2.12. The van der Waals surface area contributed by atoms with Crippen molar-refractivity contribution in [2.24, 2.45) is 5.73 Å². The first-order chi connectivity index (χ1) is 8.79. The summed E-state index contributed by atoms with van der Waals surface area (Å²) in [5.41, 5.74) is 6.73. The molecule has 5 heteroatoms. The van der Waals surface area contributed by atoms with E-state index in [1.165, 1.54) is 0 Å². The number of nitrogens with two attached hydrogens (primary N) is 1. The van der Waals surface area contributed by atoms with Gasteiger partial charge in [-0.1, -0.05) is 6.07 Å². The third kappa shape index (κ3) is 3.60. The predicted molar refractivity (Wildman–Crippen MR) is 68.8 cm³/mol. The minimum Gasteiger partial charge on any atom is -0.490 e. The van der Waals surface area contributed by atoms with Crippen molar-refractivity contribution < 1.29 is 14.6 Å². The zero-order valence-corrected chi connectivity index (χ0v) is 10.4. The molecule has 0 amide bonds. The molecule has 1 aromatic carbocycles. The summed E-state index contributed by atoms with van der Waals surface area (Å²) in [6, 6.07) is 5.71. The van der Waals surface area contributed by atoms with E-state index in [1.54, 1.807) is 0 Å². The van der Waals surface area contributed by atoms with Crippen LogP contribution in [0.5, 0.6) is 11.5 Å². The summed E-state index contributed by atoms with van der Waals surface area (Å²) in [6.07, 6.45) is 0.910. The Morgan fingerprint density at radius 3 is 2.83 bits per heavy atom. The Morgan fingerprint density at radius 2 is 2.06 bits per heavy atom. The highest BCUT2D eigenvalue weighted by Crippen LogP contribution is 2.30. The van der Waals surface area contributed by atoms with Crippen molar-refractivity contribution in [2.75, 3.05) is 26.4 Å². The number of aliphatic hydroxyl groups is 1. The highest BCUT2D eigenvalue weighted by molar-refractivity contribution is 5.43. The van der Waals surface area contributed by atoms with Crippen LogP contribution in [0.15, 0.2) is 18.2 Å². The third-order valence-corrected chi connectivity index (χ3v) is 2.78. The van der Waals surface area contributed by atoms with Gasteiger partial charge in [0.25, 0.3) is 0 Å². The number of hydrogen-bond acceptors (Lipinski definition) is 5. The Hall–Kier alpha value is -1.30. The van der Waals surface area contributed by atoms with Gasteiger partial charge in [0, 0.05) is 25.6 Å². The second-order valence-corrected chi connectivity index (χ2v) is 4.41. The maximum absolute atomic E-state index is 8.82. The molecule has 0 radical (unpaired) electrons. The molecule has 0 aromatic heterocycles. The van der Waals surface area contributed by atoms with Crippen LogP contribution < -0.4 is 20.5 Å². The van der Waals surface area contributed by atoms with Crippen LogP contribution in [0.25, 0.3) is 0 Å². The summed E-state index contributed by atoms with van der Waals surface area (Å²) in [4.78, 5) is 0. The van der Waals surface area contributed by atoms with Crippen molar-refractivity contribution in [3.63, 3.8) is 0 Å². The largest absolute Gasteiger partial charge is 0.490 e. The fourth-order valence-electron chi connectivity index (χ4n) is 1.78. The lowest BCUT2D eigenvalue weighted by molar-refractivity contribution is 0.262. The monoisotopic (exact) mass is 252 g/mol. The Morgan fingerprint density at radius 1 is 1.28 bits per heavy atom. The molecule has 2 rings (SSSR count). The van der Waals surface area contributed by atoms with Gasteiger partial charge in [-0.3, -0.25) is 0 Å². The molecule has 4 N–H and O–H groups in total. The first kappa shape index (κ1) is 13.1. The van der Waals surface area contributed by atoms with Crippen molar-refractivity contribution in [2.45, 2.75) is 19.0 Å². The molecule has 1 aliphatic rings. The van der Waals surface area contributed by atoms with Crippen LogP contribution in [0.4, 0.5) is 0 Å². The molecule has 0 fully saturated rings. The van der Waals surface area contributed by atoms with E-state index in [-0.39, 0.29) is 12.6 Å². The van der Waals surface area contributed by atoms with Gasteiger partial charge in [-0.15, -0.1) is 0 Å². The maximum Gasteiger partial charge on any atom is 0.161 e. The van der Waals surface area contributed by atoms with Crippen LogP contribution in [-0.4, -0.2) is 37.5 Å². The first-order valence-corrected chi connectivity index (χ1v) is 6.25. The van der Waals surface area contributed by atoms with Crippen LogP contribution in [0.3, 0.4) is 0 Å². The number of ether oxygens (including phenoxy) is 2. The molecule has 1 aromatic rings. The molecule has 0 spiro atoms. The zero-order valence-electron chi connectivity index (χ0n) is 10.4. The summed E-state index contributed by atoms with van der Waals surface area (Å²) in [5.74, 6) is 1.61. The van der Waals surface area contributed by atoms with E-state index in [4.69, 9.17) is 20.3 Å². The van der Waals surface area contributed by atoms with Gasteiger partial charge in [0.05, 0.1) is 19.8 Å². The van der Waals surface area contributed by atoms with Crippen molar-refractivity contribution in [1.29, 1.82) is 0 Å². The smallest absolute Gasteiger partial charge is 0.161 e. The van der Waals surface area contributed by atoms with Crippen LogP contribution in [-0.2, 0) is 6.54 Å². The van der Waals surface area contributed by atoms with E-state index in [1.807, 2.05) is 18.2 Å². The molecule has 1 heterocycles. The van der Waals surface area contributed by atoms with Gasteiger partial charge in [-0.2, -0.15) is 0 Å². The highest BCUT2D eigenvalue weighted by atomic mass is 16.5. The van der Waals surface area contributed by atoms with Crippen LogP contribution in [0.2, 0.25) is 0 Å². The molecule has 1 aliphatic heterocycles. The standard InChI is InChI=1S/C13H20N2O3/c14-11(9-16)8-15-7-10-2-3-12-13(6-10)18-5-1-4-17-12/h2-3,6,11,15-16H,1,4-5,7-9,14H2.